The first-order chi connectivity index (χ1) is 9.89. The predicted octanol–water partition coefficient (Wildman–Crippen LogP) is -0.343. The molecule has 0 aliphatic carbocycles. The van der Waals surface area contributed by atoms with Crippen LogP contribution in [0.5, 0.6) is 5.75 Å². The van der Waals surface area contributed by atoms with E-state index in [9.17, 15) is 18.0 Å². The van der Waals surface area contributed by atoms with Crippen molar-refractivity contribution in [1.82, 2.24) is 9.62 Å². The molecule has 1 N–H and O–H groups in total. The maximum atomic E-state index is 12.6. The minimum absolute atomic E-state index is 0.0705. The van der Waals surface area contributed by atoms with Gasteiger partial charge in [0.25, 0.3) is 0 Å². The standard InChI is InChI=1S/C13H14N2O5S/c1-8-13(17)14-12(16)7-15(8)21(18,19)10-2-3-11-9(6-10)4-5-20-11/h2-3,6,8H,4-5,7H2,1H3,(H,14,16,17). The van der Waals surface area contributed by atoms with E-state index in [4.69, 9.17) is 4.74 Å². The second-order valence-electron chi connectivity index (χ2n) is 5.01. The number of benzene rings is 1. The van der Waals surface area contributed by atoms with Crippen molar-refractivity contribution < 1.29 is 22.7 Å². The van der Waals surface area contributed by atoms with Gasteiger partial charge in [-0.3, -0.25) is 14.9 Å². The monoisotopic (exact) mass is 310 g/mol. The lowest BCUT2D eigenvalue weighted by Gasteiger charge is -2.30. The molecule has 0 radical (unpaired) electrons. The molecule has 1 aromatic carbocycles. The van der Waals surface area contributed by atoms with Crippen LogP contribution in [0.25, 0.3) is 0 Å². The van der Waals surface area contributed by atoms with Crippen molar-refractivity contribution in [3.8, 4) is 5.75 Å². The van der Waals surface area contributed by atoms with E-state index in [0.717, 1.165) is 9.87 Å². The highest BCUT2D eigenvalue weighted by molar-refractivity contribution is 7.89. The van der Waals surface area contributed by atoms with E-state index in [1.807, 2.05) is 0 Å². The van der Waals surface area contributed by atoms with Crippen LogP contribution in [-0.4, -0.2) is 43.7 Å². The van der Waals surface area contributed by atoms with Gasteiger partial charge in [0.1, 0.15) is 11.8 Å². The molecule has 2 aliphatic heterocycles. The largest absolute Gasteiger partial charge is 0.493 e. The van der Waals surface area contributed by atoms with E-state index in [0.29, 0.717) is 18.8 Å². The van der Waals surface area contributed by atoms with E-state index in [2.05, 4.69) is 5.32 Å². The van der Waals surface area contributed by atoms with E-state index in [1.165, 1.54) is 13.0 Å². The van der Waals surface area contributed by atoms with E-state index < -0.39 is 27.9 Å². The summed E-state index contributed by atoms with van der Waals surface area (Å²) in [5, 5.41) is 2.12. The molecule has 21 heavy (non-hydrogen) atoms. The van der Waals surface area contributed by atoms with Gasteiger partial charge in [0.15, 0.2) is 0 Å². The van der Waals surface area contributed by atoms with Crippen molar-refractivity contribution in [1.29, 1.82) is 0 Å². The fraction of sp³-hybridized carbons (Fsp3) is 0.385. The number of piperazine rings is 1. The number of carbonyl (C=O) groups excluding carboxylic acids is 2. The van der Waals surface area contributed by atoms with Gasteiger partial charge in [0.2, 0.25) is 21.8 Å². The van der Waals surface area contributed by atoms with Crippen LogP contribution in [0.1, 0.15) is 12.5 Å². The second-order valence-corrected chi connectivity index (χ2v) is 6.90. The zero-order chi connectivity index (χ0) is 15.2. The number of carbonyl (C=O) groups is 2. The number of nitrogens with one attached hydrogen (secondary N) is 1. The summed E-state index contributed by atoms with van der Waals surface area (Å²) in [6.45, 7) is 1.62. The Morgan fingerprint density at radius 3 is 2.86 bits per heavy atom. The zero-order valence-electron chi connectivity index (χ0n) is 11.3. The maximum absolute atomic E-state index is 12.6. The Labute approximate surface area is 121 Å². The summed E-state index contributed by atoms with van der Waals surface area (Å²) >= 11 is 0. The summed E-state index contributed by atoms with van der Waals surface area (Å²) in [6.07, 6.45) is 0.646. The van der Waals surface area contributed by atoms with Crippen LogP contribution >= 0.6 is 0 Å². The van der Waals surface area contributed by atoms with E-state index >= 15 is 0 Å². The fourth-order valence-corrected chi connectivity index (χ4v) is 4.04. The highest BCUT2D eigenvalue weighted by Gasteiger charge is 2.39. The Balaban J connectivity index is 2.00. The summed E-state index contributed by atoms with van der Waals surface area (Å²) in [7, 11) is -3.90. The number of hydrogen-bond acceptors (Lipinski definition) is 5. The van der Waals surface area contributed by atoms with Crippen molar-refractivity contribution in [2.24, 2.45) is 0 Å². The van der Waals surface area contributed by atoms with Crippen molar-refractivity contribution in [3.05, 3.63) is 23.8 Å². The minimum Gasteiger partial charge on any atom is -0.493 e. The van der Waals surface area contributed by atoms with Gasteiger partial charge in [-0.25, -0.2) is 8.42 Å². The van der Waals surface area contributed by atoms with Gasteiger partial charge in [0, 0.05) is 6.42 Å². The lowest BCUT2D eigenvalue weighted by molar-refractivity contribution is -0.136. The van der Waals surface area contributed by atoms with Crippen molar-refractivity contribution in [2.75, 3.05) is 13.2 Å². The number of amides is 2. The molecule has 1 aromatic rings. The summed E-state index contributed by atoms with van der Waals surface area (Å²) in [4.78, 5) is 23.1. The molecule has 1 fully saturated rings. The van der Waals surface area contributed by atoms with Crippen LogP contribution in [0.15, 0.2) is 23.1 Å². The van der Waals surface area contributed by atoms with Gasteiger partial charge < -0.3 is 4.74 Å². The third kappa shape index (κ3) is 2.30. The third-order valence-corrected chi connectivity index (χ3v) is 5.55. The average Bonchev–Trinajstić information content (AvgIpc) is 2.89. The van der Waals surface area contributed by atoms with Crippen LogP contribution in [0, 0.1) is 0 Å². The Bertz CT molecular complexity index is 728. The smallest absolute Gasteiger partial charge is 0.244 e. The molecule has 1 saturated heterocycles. The zero-order valence-corrected chi connectivity index (χ0v) is 12.1. The molecule has 2 amide bonds. The highest BCUT2D eigenvalue weighted by Crippen LogP contribution is 2.29. The maximum Gasteiger partial charge on any atom is 0.244 e. The topological polar surface area (TPSA) is 92.8 Å². The Morgan fingerprint density at radius 2 is 2.10 bits per heavy atom. The molecule has 0 bridgehead atoms. The van der Waals surface area contributed by atoms with Crippen molar-refractivity contribution in [3.63, 3.8) is 0 Å². The molecule has 1 atom stereocenters. The van der Waals surface area contributed by atoms with Gasteiger partial charge >= 0.3 is 0 Å². The molecular weight excluding hydrogens is 296 g/mol. The van der Waals surface area contributed by atoms with Gasteiger partial charge in [-0.15, -0.1) is 0 Å². The summed E-state index contributed by atoms with van der Waals surface area (Å²) in [5.41, 5.74) is 0.816. The van der Waals surface area contributed by atoms with Crippen LogP contribution in [0.2, 0.25) is 0 Å². The van der Waals surface area contributed by atoms with E-state index in [-0.39, 0.29) is 11.4 Å². The molecule has 0 aromatic heterocycles. The normalized spacial score (nSPS) is 22.6. The van der Waals surface area contributed by atoms with Crippen molar-refractivity contribution in [2.45, 2.75) is 24.3 Å². The number of sulfonamides is 1. The minimum atomic E-state index is -3.90. The second kappa shape index (κ2) is 4.81. The highest BCUT2D eigenvalue weighted by atomic mass is 32.2. The number of fused-ring (bicyclic) bond motifs is 1. The lowest BCUT2D eigenvalue weighted by atomic mass is 10.2. The van der Waals surface area contributed by atoms with Gasteiger partial charge in [0.05, 0.1) is 18.0 Å². The van der Waals surface area contributed by atoms with Gasteiger partial charge in [-0.05, 0) is 30.7 Å². The molecule has 7 nitrogen and oxygen atoms in total. The first-order valence-corrected chi connectivity index (χ1v) is 7.95. The van der Waals surface area contributed by atoms with Crippen LogP contribution < -0.4 is 10.1 Å². The Morgan fingerprint density at radius 1 is 1.33 bits per heavy atom. The summed E-state index contributed by atoms with van der Waals surface area (Å²) in [5.74, 6) is -0.556. The molecule has 112 valence electrons. The SMILES string of the molecule is CC1C(=O)NC(=O)CN1S(=O)(=O)c1ccc2c(c1)CCO2. The van der Waals surface area contributed by atoms with Gasteiger partial charge in [-0.2, -0.15) is 4.31 Å². The molecule has 0 spiro atoms. The molecule has 3 rings (SSSR count). The summed E-state index contributed by atoms with van der Waals surface area (Å²) in [6, 6.07) is 3.66. The predicted molar refractivity (Wildman–Crippen MR) is 72.1 cm³/mol. The molecule has 1 unspecified atom stereocenters. The Kier molecular flexibility index (Phi) is 3.22. The van der Waals surface area contributed by atoms with Crippen LogP contribution in [0.3, 0.4) is 0 Å². The fourth-order valence-electron chi connectivity index (χ4n) is 2.44. The third-order valence-electron chi connectivity index (χ3n) is 3.64. The lowest BCUT2D eigenvalue weighted by Crippen LogP contribution is -2.58. The first-order valence-electron chi connectivity index (χ1n) is 6.51. The molecule has 2 aliphatic rings. The van der Waals surface area contributed by atoms with E-state index in [1.54, 1.807) is 12.1 Å². The number of imide groups is 1. The van der Waals surface area contributed by atoms with Crippen molar-refractivity contribution >= 4 is 21.8 Å². The molecule has 2 heterocycles. The molecular formula is C13H14N2O5S. The number of ether oxygens (including phenoxy) is 1. The van der Waals surface area contributed by atoms with Crippen LogP contribution in [-0.2, 0) is 26.0 Å². The quantitative estimate of drug-likeness (QED) is 0.754. The van der Waals surface area contributed by atoms with Gasteiger partial charge in [-0.1, -0.05) is 0 Å². The number of hydrogen-bond donors (Lipinski definition) is 1. The Hall–Kier alpha value is -1.93. The first kappa shape index (κ1) is 14.0. The number of rotatable bonds is 2. The van der Waals surface area contributed by atoms with Crippen LogP contribution in [0.4, 0.5) is 0 Å². The average molecular weight is 310 g/mol. The molecule has 8 heteroatoms. The molecule has 0 saturated carbocycles. The summed E-state index contributed by atoms with van der Waals surface area (Å²) < 4.78 is 31.5. The number of nitrogens with zero attached hydrogens (tertiary/aromatic N) is 1.